The van der Waals surface area contributed by atoms with Gasteiger partial charge >= 0.3 is 0 Å². The molecule has 3 heterocycles. The van der Waals surface area contributed by atoms with Crippen LogP contribution in [-0.4, -0.2) is 21.7 Å². The van der Waals surface area contributed by atoms with Crippen molar-refractivity contribution in [2.24, 2.45) is 0 Å². The number of hydrogen-bond acceptors (Lipinski definition) is 6. The van der Waals surface area contributed by atoms with Crippen LogP contribution in [-0.2, 0) is 0 Å². The van der Waals surface area contributed by atoms with E-state index in [2.05, 4.69) is 20.4 Å². The molecule has 1 fully saturated rings. The minimum atomic E-state index is 0.216. The number of rotatable bonds is 2. The van der Waals surface area contributed by atoms with Gasteiger partial charge in [-0.2, -0.15) is 4.98 Å². The van der Waals surface area contributed by atoms with Crippen LogP contribution in [0.3, 0.4) is 0 Å². The van der Waals surface area contributed by atoms with E-state index < -0.39 is 0 Å². The lowest BCUT2D eigenvalue weighted by atomic mass is 10.1. The molecule has 1 atom stereocenters. The summed E-state index contributed by atoms with van der Waals surface area (Å²) in [6, 6.07) is 0.216. The lowest BCUT2D eigenvalue weighted by Crippen LogP contribution is -2.26. The minimum Gasteiger partial charge on any atom is -0.337 e. The van der Waals surface area contributed by atoms with Crippen molar-refractivity contribution in [1.29, 1.82) is 0 Å². The van der Waals surface area contributed by atoms with Gasteiger partial charge < -0.3 is 9.84 Å². The normalized spacial score (nSPS) is 21.1. The fraction of sp³-hybridized carbons (Fsp3) is 0.500. The quantitative estimate of drug-likeness (QED) is 0.864. The van der Waals surface area contributed by atoms with Crippen molar-refractivity contribution in [3.63, 3.8) is 0 Å². The lowest BCUT2D eigenvalue weighted by Gasteiger charge is -2.19. The van der Waals surface area contributed by atoms with E-state index in [1.165, 1.54) is 24.2 Å². The van der Waals surface area contributed by atoms with Crippen molar-refractivity contribution in [2.45, 2.75) is 25.3 Å². The molecule has 16 heavy (non-hydrogen) atoms. The van der Waals surface area contributed by atoms with Crippen LogP contribution in [0.5, 0.6) is 0 Å². The molecule has 0 aliphatic carbocycles. The molecular weight excluding hydrogens is 224 g/mol. The Morgan fingerprint density at radius 3 is 3.19 bits per heavy atom. The molecule has 0 saturated carbocycles. The molecule has 1 aliphatic rings. The highest BCUT2D eigenvalue weighted by atomic mass is 32.1. The SMILES string of the molecule is c1nc(-c2noc([C@@H]3CCCCN3)n2)cs1. The van der Waals surface area contributed by atoms with E-state index in [4.69, 9.17) is 4.52 Å². The summed E-state index contributed by atoms with van der Waals surface area (Å²) in [4.78, 5) is 8.54. The molecule has 5 nitrogen and oxygen atoms in total. The summed E-state index contributed by atoms with van der Waals surface area (Å²) in [5.74, 6) is 1.27. The third-order valence-corrected chi connectivity index (χ3v) is 3.30. The zero-order chi connectivity index (χ0) is 10.8. The standard InChI is InChI=1S/C10H12N4OS/c1-2-4-11-7(3-1)10-13-9(14-15-10)8-5-16-6-12-8/h5-7,11H,1-4H2/t7-/m0/s1. The van der Waals surface area contributed by atoms with Gasteiger partial charge in [-0.1, -0.05) is 11.6 Å². The Labute approximate surface area is 96.9 Å². The first kappa shape index (κ1) is 9.92. The van der Waals surface area contributed by atoms with E-state index in [9.17, 15) is 0 Å². The van der Waals surface area contributed by atoms with Crippen LogP contribution < -0.4 is 5.32 Å². The third kappa shape index (κ3) is 1.85. The molecule has 0 aromatic carbocycles. The third-order valence-electron chi connectivity index (χ3n) is 2.71. The molecule has 0 radical (unpaired) electrons. The van der Waals surface area contributed by atoms with Crippen LogP contribution in [0.25, 0.3) is 11.5 Å². The number of thiazole rings is 1. The first-order chi connectivity index (χ1) is 7.93. The smallest absolute Gasteiger partial charge is 0.244 e. The Bertz CT molecular complexity index is 447. The number of hydrogen-bond donors (Lipinski definition) is 1. The maximum Gasteiger partial charge on any atom is 0.244 e. The molecule has 2 aromatic heterocycles. The summed E-state index contributed by atoms with van der Waals surface area (Å²) in [6.45, 7) is 1.03. The van der Waals surface area contributed by atoms with Gasteiger partial charge in [-0.15, -0.1) is 11.3 Å². The molecule has 0 amide bonds. The summed E-state index contributed by atoms with van der Waals surface area (Å²) in [6.07, 6.45) is 3.51. The maximum atomic E-state index is 5.27. The van der Waals surface area contributed by atoms with Crippen molar-refractivity contribution in [3.05, 3.63) is 16.8 Å². The minimum absolute atomic E-state index is 0.216. The van der Waals surface area contributed by atoms with Crippen molar-refractivity contribution in [2.75, 3.05) is 6.54 Å². The Balaban J connectivity index is 1.82. The van der Waals surface area contributed by atoms with E-state index in [0.29, 0.717) is 11.7 Å². The van der Waals surface area contributed by atoms with Gasteiger partial charge in [0, 0.05) is 5.38 Å². The van der Waals surface area contributed by atoms with Crippen molar-refractivity contribution >= 4 is 11.3 Å². The molecule has 1 N–H and O–H groups in total. The molecule has 0 spiro atoms. The maximum absolute atomic E-state index is 5.27. The van der Waals surface area contributed by atoms with Gasteiger partial charge in [-0.25, -0.2) is 4.98 Å². The second kappa shape index (κ2) is 4.31. The zero-order valence-electron chi connectivity index (χ0n) is 8.72. The van der Waals surface area contributed by atoms with Crippen molar-refractivity contribution in [1.82, 2.24) is 20.4 Å². The van der Waals surface area contributed by atoms with E-state index >= 15 is 0 Å². The van der Waals surface area contributed by atoms with Crippen LogP contribution in [0.2, 0.25) is 0 Å². The molecule has 2 aromatic rings. The number of nitrogens with one attached hydrogen (secondary N) is 1. The fourth-order valence-electron chi connectivity index (χ4n) is 1.87. The van der Waals surface area contributed by atoms with Crippen LogP contribution in [0, 0.1) is 0 Å². The molecule has 0 unspecified atom stereocenters. The molecule has 6 heteroatoms. The number of aromatic nitrogens is 3. The molecule has 1 aliphatic heterocycles. The first-order valence-electron chi connectivity index (χ1n) is 5.39. The summed E-state index contributed by atoms with van der Waals surface area (Å²) in [5, 5.41) is 9.25. The molecule has 0 bridgehead atoms. The summed E-state index contributed by atoms with van der Waals surface area (Å²) in [7, 11) is 0. The molecule has 1 saturated heterocycles. The van der Waals surface area contributed by atoms with Gasteiger partial charge in [0.05, 0.1) is 11.6 Å². The van der Waals surface area contributed by atoms with Gasteiger partial charge in [0.15, 0.2) is 0 Å². The largest absolute Gasteiger partial charge is 0.337 e. The van der Waals surface area contributed by atoms with Crippen molar-refractivity contribution in [3.8, 4) is 11.5 Å². The van der Waals surface area contributed by atoms with E-state index in [-0.39, 0.29) is 6.04 Å². The van der Waals surface area contributed by atoms with E-state index in [0.717, 1.165) is 18.7 Å². The Hall–Kier alpha value is -1.27. The average Bonchev–Trinajstić information content (AvgIpc) is 3.01. The molecular formula is C10H12N4OS. The van der Waals surface area contributed by atoms with Gasteiger partial charge in [0.25, 0.3) is 0 Å². The topological polar surface area (TPSA) is 63.8 Å². The van der Waals surface area contributed by atoms with Crippen LogP contribution in [0.15, 0.2) is 15.4 Å². The number of piperidine rings is 1. The summed E-state index contributed by atoms with van der Waals surface area (Å²) in [5.41, 5.74) is 2.56. The van der Waals surface area contributed by atoms with Crippen LogP contribution in [0.1, 0.15) is 31.2 Å². The summed E-state index contributed by atoms with van der Waals surface area (Å²) >= 11 is 1.53. The predicted molar refractivity (Wildman–Crippen MR) is 60.0 cm³/mol. The second-order valence-corrected chi connectivity index (χ2v) is 4.55. The van der Waals surface area contributed by atoms with Gasteiger partial charge in [-0.05, 0) is 19.4 Å². The monoisotopic (exact) mass is 236 g/mol. The highest BCUT2D eigenvalue weighted by Crippen LogP contribution is 2.23. The Morgan fingerprint density at radius 1 is 1.44 bits per heavy atom. The zero-order valence-corrected chi connectivity index (χ0v) is 9.54. The average molecular weight is 236 g/mol. The van der Waals surface area contributed by atoms with Crippen LogP contribution in [0.4, 0.5) is 0 Å². The molecule has 3 rings (SSSR count). The van der Waals surface area contributed by atoms with E-state index in [1.807, 2.05) is 5.38 Å². The predicted octanol–water partition coefficient (Wildman–Crippen LogP) is 2.01. The van der Waals surface area contributed by atoms with Gasteiger partial charge in [-0.3, -0.25) is 0 Å². The van der Waals surface area contributed by atoms with Crippen LogP contribution >= 0.6 is 11.3 Å². The second-order valence-electron chi connectivity index (χ2n) is 3.83. The first-order valence-corrected chi connectivity index (χ1v) is 6.33. The highest BCUT2D eigenvalue weighted by molar-refractivity contribution is 7.07. The fourth-order valence-corrected chi connectivity index (χ4v) is 2.40. The van der Waals surface area contributed by atoms with Gasteiger partial charge in [0.1, 0.15) is 5.69 Å². The Kier molecular flexibility index (Phi) is 2.67. The Morgan fingerprint density at radius 2 is 2.44 bits per heavy atom. The molecule has 84 valence electrons. The van der Waals surface area contributed by atoms with Crippen molar-refractivity contribution < 1.29 is 4.52 Å². The number of nitrogens with zero attached hydrogens (tertiary/aromatic N) is 3. The summed E-state index contributed by atoms with van der Waals surface area (Å²) < 4.78 is 5.27. The van der Waals surface area contributed by atoms with E-state index in [1.54, 1.807) is 5.51 Å². The lowest BCUT2D eigenvalue weighted by molar-refractivity contribution is 0.297. The highest BCUT2D eigenvalue weighted by Gasteiger charge is 2.21. The van der Waals surface area contributed by atoms with Gasteiger partial charge in [0.2, 0.25) is 11.7 Å².